The largest absolute Gasteiger partial charge is 0.352 e. The second-order valence-electron chi connectivity index (χ2n) is 6.11. The summed E-state index contributed by atoms with van der Waals surface area (Å²) in [6, 6.07) is 7.74. The van der Waals surface area contributed by atoms with E-state index in [1.54, 1.807) is 4.90 Å². The van der Waals surface area contributed by atoms with E-state index >= 15 is 0 Å². The zero-order chi connectivity index (χ0) is 16.2. The van der Waals surface area contributed by atoms with E-state index in [0.717, 1.165) is 37.1 Å². The van der Waals surface area contributed by atoms with Gasteiger partial charge >= 0.3 is 0 Å². The van der Waals surface area contributed by atoms with Crippen LogP contribution in [0.15, 0.2) is 24.3 Å². The summed E-state index contributed by atoms with van der Waals surface area (Å²) < 4.78 is 0. The van der Waals surface area contributed by atoms with Crippen molar-refractivity contribution in [2.75, 3.05) is 18.0 Å². The summed E-state index contributed by atoms with van der Waals surface area (Å²) in [5, 5.41) is 5.45. The summed E-state index contributed by atoms with van der Waals surface area (Å²) in [6.45, 7) is 0.782. The molecule has 0 radical (unpaired) electrons. The number of anilines is 1. The van der Waals surface area contributed by atoms with Crippen molar-refractivity contribution in [3.8, 4) is 0 Å². The quantitative estimate of drug-likeness (QED) is 0.813. The fraction of sp³-hybridized carbons (Fsp3) is 0.471. The van der Waals surface area contributed by atoms with Gasteiger partial charge in [0, 0.05) is 24.7 Å². The minimum atomic E-state index is -0.180. The van der Waals surface area contributed by atoms with Crippen LogP contribution in [0.4, 0.5) is 5.69 Å². The topological polar surface area (TPSA) is 78.5 Å². The smallest absolute Gasteiger partial charge is 0.239 e. The molecule has 1 aromatic rings. The second kappa shape index (κ2) is 6.81. The van der Waals surface area contributed by atoms with E-state index in [9.17, 15) is 14.4 Å². The lowest BCUT2D eigenvalue weighted by Crippen LogP contribution is -2.38. The molecule has 122 valence electrons. The van der Waals surface area contributed by atoms with Gasteiger partial charge in [-0.2, -0.15) is 0 Å². The summed E-state index contributed by atoms with van der Waals surface area (Å²) in [5.41, 5.74) is 1.74. The average molecular weight is 315 g/mol. The Balaban J connectivity index is 1.46. The predicted molar refractivity (Wildman–Crippen MR) is 85.9 cm³/mol. The van der Waals surface area contributed by atoms with Crippen molar-refractivity contribution in [1.29, 1.82) is 0 Å². The fourth-order valence-corrected chi connectivity index (χ4v) is 2.65. The first-order valence-corrected chi connectivity index (χ1v) is 8.07. The maximum atomic E-state index is 11.9. The zero-order valence-corrected chi connectivity index (χ0v) is 13.0. The van der Waals surface area contributed by atoms with Crippen LogP contribution in [0.5, 0.6) is 0 Å². The molecule has 23 heavy (non-hydrogen) atoms. The van der Waals surface area contributed by atoms with Gasteiger partial charge in [0.15, 0.2) is 0 Å². The van der Waals surface area contributed by atoms with Crippen LogP contribution in [-0.2, 0) is 20.8 Å². The highest BCUT2D eigenvalue weighted by atomic mass is 16.2. The third-order valence-electron chi connectivity index (χ3n) is 4.07. The number of carbonyl (C=O) groups excluding carboxylic acids is 3. The Kier molecular flexibility index (Phi) is 4.60. The first-order chi connectivity index (χ1) is 11.1. The normalized spacial score (nSPS) is 17.2. The van der Waals surface area contributed by atoms with Crippen LogP contribution in [0.2, 0.25) is 0 Å². The van der Waals surface area contributed by atoms with E-state index in [-0.39, 0.29) is 30.7 Å². The van der Waals surface area contributed by atoms with Gasteiger partial charge in [-0.05, 0) is 37.0 Å². The number of hydrogen-bond donors (Lipinski definition) is 2. The van der Waals surface area contributed by atoms with Crippen LogP contribution in [0.1, 0.15) is 31.2 Å². The standard InChI is InChI=1S/C17H21N3O3/c21-15(18-11-16(22)19-13-5-6-13)10-12-3-7-14(8-4-12)20-9-1-2-17(20)23/h3-4,7-8,13H,1-2,5-6,9-11H2,(H,18,21)(H,19,22). The maximum absolute atomic E-state index is 11.9. The Labute approximate surface area is 135 Å². The number of amides is 3. The highest BCUT2D eigenvalue weighted by Crippen LogP contribution is 2.21. The first-order valence-electron chi connectivity index (χ1n) is 8.07. The number of hydrogen-bond acceptors (Lipinski definition) is 3. The molecule has 1 saturated carbocycles. The van der Waals surface area contributed by atoms with Gasteiger partial charge in [0.2, 0.25) is 17.7 Å². The molecule has 1 heterocycles. The van der Waals surface area contributed by atoms with E-state index in [0.29, 0.717) is 12.5 Å². The Morgan fingerprint density at radius 2 is 1.87 bits per heavy atom. The molecular formula is C17H21N3O3. The molecule has 0 atom stereocenters. The van der Waals surface area contributed by atoms with Crippen molar-refractivity contribution < 1.29 is 14.4 Å². The summed E-state index contributed by atoms with van der Waals surface area (Å²) in [6.07, 6.45) is 3.79. The molecule has 3 rings (SSSR count). The Morgan fingerprint density at radius 3 is 2.48 bits per heavy atom. The fourth-order valence-electron chi connectivity index (χ4n) is 2.65. The third kappa shape index (κ3) is 4.31. The van der Waals surface area contributed by atoms with Gasteiger partial charge in [-0.15, -0.1) is 0 Å². The molecule has 2 fully saturated rings. The summed E-state index contributed by atoms with van der Waals surface area (Å²) >= 11 is 0. The van der Waals surface area contributed by atoms with Crippen LogP contribution in [0.25, 0.3) is 0 Å². The van der Waals surface area contributed by atoms with E-state index in [2.05, 4.69) is 10.6 Å². The molecule has 1 aromatic carbocycles. The van der Waals surface area contributed by atoms with Crippen LogP contribution < -0.4 is 15.5 Å². The van der Waals surface area contributed by atoms with E-state index < -0.39 is 0 Å². The van der Waals surface area contributed by atoms with Crippen LogP contribution in [0.3, 0.4) is 0 Å². The number of nitrogens with one attached hydrogen (secondary N) is 2. The van der Waals surface area contributed by atoms with Gasteiger partial charge in [-0.3, -0.25) is 14.4 Å². The predicted octanol–water partition coefficient (Wildman–Crippen LogP) is 0.751. The molecule has 0 aromatic heterocycles. The van der Waals surface area contributed by atoms with Crippen molar-refractivity contribution in [2.24, 2.45) is 0 Å². The summed E-state index contributed by atoms with van der Waals surface area (Å²) in [5.74, 6) is -0.165. The van der Waals surface area contributed by atoms with E-state index in [4.69, 9.17) is 0 Å². The van der Waals surface area contributed by atoms with Crippen molar-refractivity contribution in [3.05, 3.63) is 29.8 Å². The highest BCUT2D eigenvalue weighted by Gasteiger charge is 2.23. The molecule has 0 bridgehead atoms. The van der Waals surface area contributed by atoms with Crippen molar-refractivity contribution in [1.82, 2.24) is 10.6 Å². The second-order valence-corrected chi connectivity index (χ2v) is 6.11. The lowest BCUT2D eigenvalue weighted by atomic mass is 10.1. The van der Waals surface area contributed by atoms with Crippen molar-refractivity contribution in [2.45, 2.75) is 38.1 Å². The average Bonchev–Trinajstić information content (AvgIpc) is 3.25. The van der Waals surface area contributed by atoms with E-state index in [1.807, 2.05) is 24.3 Å². The SMILES string of the molecule is O=C(Cc1ccc(N2CCCC2=O)cc1)NCC(=O)NC1CC1. The number of rotatable bonds is 6. The number of carbonyl (C=O) groups is 3. The lowest BCUT2D eigenvalue weighted by molar-refractivity contribution is -0.125. The van der Waals surface area contributed by atoms with Crippen LogP contribution in [0, 0.1) is 0 Å². The number of nitrogens with zero attached hydrogens (tertiary/aromatic N) is 1. The maximum Gasteiger partial charge on any atom is 0.239 e. The third-order valence-corrected chi connectivity index (χ3v) is 4.07. The minimum absolute atomic E-state index is 0.0235. The van der Waals surface area contributed by atoms with Crippen molar-refractivity contribution >= 4 is 23.4 Å². The van der Waals surface area contributed by atoms with E-state index in [1.165, 1.54) is 0 Å². The molecule has 3 amide bonds. The van der Waals surface area contributed by atoms with Crippen molar-refractivity contribution in [3.63, 3.8) is 0 Å². The molecule has 2 aliphatic rings. The molecule has 2 N–H and O–H groups in total. The zero-order valence-electron chi connectivity index (χ0n) is 13.0. The molecule has 6 nitrogen and oxygen atoms in total. The Bertz CT molecular complexity index is 608. The summed E-state index contributed by atoms with van der Waals surface area (Å²) in [4.78, 5) is 36.8. The molecule has 1 aliphatic carbocycles. The Hall–Kier alpha value is -2.37. The van der Waals surface area contributed by atoms with Gasteiger partial charge in [0.1, 0.15) is 0 Å². The van der Waals surface area contributed by atoms with Gasteiger partial charge < -0.3 is 15.5 Å². The molecule has 1 aliphatic heterocycles. The van der Waals surface area contributed by atoms with Crippen LogP contribution in [-0.4, -0.2) is 36.9 Å². The summed E-state index contributed by atoms with van der Waals surface area (Å²) in [7, 11) is 0. The molecule has 6 heteroatoms. The first kappa shape index (κ1) is 15.5. The van der Waals surface area contributed by atoms with Gasteiger partial charge in [0.25, 0.3) is 0 Å². The van der Waals surface area contributed by atoms with Gasteiger partial charge in [0.05, 0.1) is 13.0 Å². The highest BCUT2D eigenvalue weighted by molar-refractivity contribution is 5.95. The van der Waals surface area contributed by atoms with Gasteiger partial charge in [-0.25, -0.2) is 0 Å². The van der Waals surface area contributed by atoms with Crippen LogP contribution >= 0.6 is 0 Å². The number of benzene rings is 1. The lowest BCUT2D eigenvalue weighted by Gasteiger charge is -2.15. The molecular weight excluding hydrogens is 294 g/mol. The minimum Gasteiger partial charge on any atom is -0.352 e. The molecule has 0 unspecified atom stereocenters. The molecule has 1 saturated heterocycles. The Morgan fingerprint density at radius 1 is 1.13 bits per heavy atom. The molecule has 0 spiro atoms. The van der Waals surface area contributed by atoms with Gasteiger partial charge in [-0.1, -0.05) is 12.1 Å². The monoisotopic (exact) mass is 315 g/mol.